The average molecular weight is 411 g/mol. The summed E-state index contributed by atoms with van der Waals surface area (Å²) in [5.41, 5.74) is 8.71. The van der Waals surface area contributed by atoms with Gasteiger partial charge >= 0.3 is 0 Å². The SMILES string of the molecule is Cc1ccc(COc2ccc(-c3cc(C)c(-c4ccc(O)cc4)cc3C)cc2O)cc1. The zero-order chi connectivity index (χ0) is 22.0. The van der Waals surface area contributed by atoms with E-state index >= 15 is 0 Å². The molecule has 0 aromatic heterocycles. The normalized spacial score (nSPS) is 10.8. The number of benzene rings is 4. The van der Waals surface area contributed by atoms with E-state index in [9.17, 15) is 10.2 Å². The summed E-state index contributed by atoms with van der Waals surface area (Å²) < 4.78 is 5.82. The summed E-state index contributed by atoms with van der Waals surface area (Å²) in [5.74, 6) is 0.860. The van der Waals surface area contributed by atoms with Crippen molar-refractivity contribution < 1.29 is 14.9 Å². The topological polar surface area (TPSA) is 49.7 Å². The molecule has 0 atom stereocenters. The molecule has 0 saturated heterocycles. The lowest BCUT2D eigenvalue weighted by Crippen LogP contribution is -1.96. The minimum atomic E-state index is 0.129. The van der Waals surface area contributed by atoms with E-state index in [2.05, 4.69) is 45.0 Å². The maximum absolute atomic E-state index is 10.5. The zero-order valence-electron chi connectivity index (χ0n) is 18.0. The van der Waals surface area contributed by atoms with Crippen LogP contribution in [0.4, 0.5) is 0 Å². The fraction of sp³-hybridized carbons (Fsp3) is 0.143. The third-order valence-electron chi connectivity index (χ3n) is 5.53. The summed E-state index contributed by atoms with van der Waals surface area (Å²) in [6.07, 6.45) is 0. The Balaban J connectivity index is 1.58. The van der Waals surface area contributed by atoms with Crippen LogP contribution in [0.15, 0.2) is 78.9 Å². The van der Waals surface area contributed by atoms with E-state index in [4.69, 9.17) is 4.74 Å². The standard InChI is InChI=1S/C28H26O3/c1-18-4-6-21(7-5-18)17-31-28-13-10-23(16-27(28)30)26-15-19(2)25(14-20(26)3)22-8-11-24(29)12-9-22/h4-16,29-30H,17H2,1-3H3. The van der Waals surface area contributed by atoms with Gasteiger partial charge in [-0.25, -0.2) is 0 Å². The molecule has 156 valence electrons. The predicted molar refractivity (Wildman–Crippen MR) is 126 cm³/mol. The Morgan fingerprint density at radius 2 is 1.23 bits per heavy atom. The Morgan fingerprint density at radius 1 is 0.645 bits per heavy atom. The molecule has 0 spiro atoms. The van der Waals surface area contributed by atoms with Crippen LogP contribution in [0.2, 0.25) is 0 Å². The smallest absolute Gasteiger partial charge is 0.161 e. The molecule has 0 unspecified atom stereocenters. The van der Waals surface area contributed by atoms with Gasteiger partial charge in [0.2, 0.25) is 0 Å². The van der Waals surface area contributed by atoms with Gasteiger partial charge in [0.15, 0.2) is 11.5 Å². The Labute approximate surface area is 183 Å². The molecule has 0 amide bonds. The highest BCUT2D eigenvalue weighted by Crippen LogP contribution is 2.36. The van der Waals surface area contributed by atoms with Gasteiger partial charge < -0.3 is 14.9 Å². The van der Waals surface area contributed by atoms with Gasteiger partial charge in [0.05, 0.1) is 0 Å². The van der Waals surface area contributed by atoms with Crippen LogP contribution in [0, 0.1) is 20.8 Å². The van der Waals surface area contributed by atoms with Crippen molar-refractivity contribution in [2.45, 2.75) is 27.4 Å². The molecule has 0 radical (unpaired) electrons. The highest BCUT2D eigenvalue weighted by molar-refractivity contribution is 5.77. The Hall–Kier alpha value is -3.72. The van der Waals surface area contributed by atoms with Gasteiger partial charge in [-0.1, -0.05) is 60.2 Å². The van der Waals surface area contributed by atoms with Crippen LogP contribution in [0.3, 0.4) is 0 Å². The number of hydrogen-bond acceptors (Lipinski definition) is 3. The van der Waals surface area contributed by atoms with Crippen LogP contribution in [-0.4, -0.2) is 10.2 Å². The van der Waals surface area contributed by atoms with E-state index in [1.165, 1.54) is 5.56 Å². The van der Waals surface area contributed by atoms with Crippen molar-refractivity contribution in [1.29, 1.82) is 0 Å². The summed E-state index contributed by atoms with van der Waals surface area (Å²) in [6, 6.07) is 25.2. The Bertz CT molecular complexity index is 1210. The molecule has 4 aromatic rings. The maximum Gasteiger partial charge on any atom is 0.161 e. The first-order valence-corrected chi connectivity index (χ1v) is 10.3. The van der Waals surface area contributed by atoms with Crippen molar-refractivity contribution in [3.8, 4) is 39.5 Å². The summed E-state index contributed by atoms with van der Waals surface area (Å²) in [6.45, 7) is 6.60. The third kappa shape index (κ3) is 4.56. The van der Waals surface area contributed by atoms with Crippen molar-refractivity contribution in [2.75, 3.05) is 0 Å². The van der Waals surface area contributed by atoms with E-state index in [0.717, 1.165) is 38.9 Å². The zero-order valence-corrected chi connectivity index (χ0v) is 18.0. The molecule has 4 aromatic carbocycles. The quantitative estimate of drug-likeness (QED) is 0.375. The first kappa shape index (κ1) is 20.5. The fourth-order valence-electron chi connectivity index (χ4n) is 3.73. The molecular formula is C28H26O3. The second kappa shape index (κ2) is 8.57. The molecule has 3 nitrogen and oxygen atoms in total. The largest absolute Gasteiger partial charge is 0.508 e. The molecule has 0 aliphatic rings. The van der Waals surface area contributed by atoms with Crippen LogP contribution in [0.5, 0.6) is 17.2 Å². The number of aryl methyl sites for hydroxylation is 3. The first-order chi connectivity index (χ1) is 14.9. The van der Waals surface area contributed by atoms with Crippen molar-refractivity contribution in [3.05, 3.63) is 101 Å². The predicted octanol–water partition coefficient (Wildman–Crippen LogP) is 6.94. The molecule has 0 aliphatic carbocycles. The molecule has 0 fully saturated rings. The number of phenols is 2. The number of aromatic hydroxyl groups is 2. The van der Waals surface area contributed by atoms with Gasteiger partial charge in [-0.15, -0.1) is 0 Å². The van der Waals surface area contributed by atoms with Crippen molar-refractivity contribution in [3.63, 3.8) is 0 Å². The summed E-state index contributed by atoms with van der Waals surface area (Å²) in [7, 11) is 0. The van der Waals surface area contributed by atoms with Crippen molar-refractivity contribution in [1.82, 2.24) is 0 Å². The number of rotatable bonds is 5. The van der Waals surface area contributed by atoms with E-state index in [0.29, 0.717) is 12.4 Å². The maximum atomic E-state index is 10.5. The van der Waals surface area contributed by atoms with Gasteiger partial charge in [-0.2, -0.15) is 0 Å². The first-order valence-electron chi connectivity index (χ1n) is 10.3. The minimum absolute atomic E-state index is 0.129. The molecule has 31 heavy (non-hydrogen) atoms. The van der Waals surface area contributed by atoms with Gasteiger partial charge in [0, 0.05) is 0 Å². The third-order valence-corrected chi connectivity index (χ3v) is 5.53. The van der Waals surface area contributed by atoms with Crippen molar-refractivity contribution >= 4 is 0 Å². The Morgan fingerprint density at radius 3 is 1.84 bits per heavy atom. The molecule has 4 rings (SSSR count). The summed E-state index contributed by atoms with van der Waals surface area (Å²) in [4.78, 5) is 0. The second-order valence-corrected chi connectivity index (χ2v) is 7.99. The lowest BCUT2D eigenvalue weighted by Gasteiger charge is -2.15. The average Bonchev–Trinajstić information content (AvgIpc) is 2.76. The van der Waals surface area contributed by atoms with Crippen LogP contribution in [-0.2, 0) is 6.61 Å². The van der Waals surface area contributed by atoms with Crippen LogP contribution in [0.25, 0.3) is 22.3 Å². The highest BCUT2D eigenvalue weighted by Gasteiger charge is 2.11. The number of hydrogen-bond donors (Lipinski definition) is 2. The lowest BCUT2D eigenvalue weighted by atomic mass is 9.92. The lowest BCUT2D eigenvalue weighted by molar-refractivity contribution is 0.289. The molecule has 0 saturated carbocycles. The molecule has 0 heterocycles. The van der Waals surface area contributed by atoms with Gasteiger partial charge in [0.1, 0.15) is 12.4 Å². The van der Waals surface area contributed by atoms with E-state index in [1.807, 2.05) is 36.4 Å². The van der Waals surface area contributed by atoms with Crippen LogP contribution in [0.1, 0.15) is 22.3 Å². The Kier molecular flexibility index (Phi) is 5.68. The second-order valence-electron chi connectivity index (χ2n) is 7.99. The van der Waals surface area contributed by atoms with E-state index in [-0.39, 0.29) is 11.5 Å². The highest BCUT2D eigenvalue weighted by atomic mass is 16.5. The summed E-state index contributed by atoms with van der Waals surface area (Å²) >= 11 is 0. The van der Waals surface area contributed by atoms with Crippen LogP contribution < -0.4 is 4.74 Å². The fourth-order valence-corrected chi connectivity index (χ4v) is 3.73. The monoisotopic (exact) mass is 410 g/mol. The van der Waals surface area contributed by atoms with Gasteiger partial charge in [-0.05, 0) is 84.0 Å². The van der Waals surface area contributed by atoms with Crippen molar-refractivity contribution in [2.24, 2.45) is 0 Å². The molecule has 3 heteroatoms. The van der Waals surface area contributed by atoms with Gasteiger partial charge in [0.25, 0.3) is 0 Å². The van der Waals surface area contributed by atoms with E-state index in [1.54, 1.807) is 18.2 Å². The number of ether oxygens (including phenoxy) is 1. The van der Waals surface area contributed by atoms with E-state index < -0.39 is 0 Å². The van der Waals surface area contributed by atoms with Gasteiger partial charge in [-0.3, -0.25) is 0 Å². The molecule has 0 bridgehead atoms. The number of phenolic OH excluding ortho intramolecular Hbond substituents is 2. The molecule has 2 N–H and O–H groups in total. The molecular weight excluding hydrogens is 384 g/mol. The van der Waals surface area contributed by atoms with Crippen LogP contribution >= 0.6 is 0 Å². The minimum Gasteiger partial charge on any atom is -0.508 e. The molecule has 0 aliphatic heterocycles. The summed E-state index contributed by atoms with van der Waals surface area (Å²) in [5, 5.41) is 20.1.